The zero-order chi connectivity index (χ0) is 22.1. The van der Waals surface area contributed by atoms with Crippen LogP contribution in [0.25, 0.3) is 0 Å². The molecule has 0 unspecified atom stereocenters. The van der Waals surface area contributed by atoms with Crippen LogP contribution in [0.1, 0.15) is 48.9 Å². The molecule has 0 spiro atoms. The number of fused-ring (bicyclic) bond motifs is 1. The quantitative estimate of drug-likeness (QED) is 0.566. The maximum absolute atomic E-state index is 12.1. The third-order valence-electron chi connectivity index (χ3n) is 5.26. The molecule has 2 aromatic carbocycles. The molecule has 7 nitrogen and oxygen atoms in total. The molecule has 0 aromatic heterocycles. The van der Waals surface area contributed by atoms with Crippen molar-refractivity contribution in [2.24, 2.45) is 0 Å². The molecular formula is C24H29N3O4. The fourth-order valence-corrected chi connectivity index (χ4v) is 3.58. The first kappa shape index (κ1) is 22.3. The minimum absolute atomic E-state index is 0.0180. The molecule has 0 radical (unpaired) electrons. The molecule has 0 bridgehead atoms. The summed E-state index contributed by atoms with van der Waals surface area (Å²) in [6.45, 7) is 1.69. The van der Waals surface area contributed by atoms with E-state index >= 15 is 0 Å². The Morgan fingerprint density at radius 1 is 1.00 bits per heavy atom. The van der Waals surface area contributed by atoms with E-state index < -0.39 is 12.0 Å². The zero-order valence-electron chi connectivity index (χ0n) is 17.8. The summed E-state index contributed by atoms with van der Waals surface area (Å²) in [7, 11) is 0. The van der Waals surface area contributed by atoms with E-state index in [0.717, 1.165) is 18.4 Å². The largest absolute Gasteiger partial charge is 0.456 e. The van der Waals surface area contributed by atoms with Crippen LogP contribution in [0.15, 0.2) is 48.5 Å². The van der Waals surface area contributed by atoms with E-state index in [2.05, 4.69) is 28.1 Å². The third kappa shape index (κ3) is 7.13. The van der Waals surface area contributed by atoms with Crippen molar-refractivity contribution < 1.29 is 19.1 Å². The lowest BCUT2D eigenvalue weighted by atomic mass is 9.89. The SMILES string of the molecule is C[C@H](NC(=O)COC(=O)CCNC(=O)Nc1ccccc1)c1ccc2c(c1)CCCC2. The van der Waals surface area contributed by atoms with Crippen LogP contribution in [0.3, 0.4) is 0 Å². The second kappa shape index (κ2) is 11.2. The Balaban J connectivity index is 1.33. The number of para-hydroxylation sites is 1. The molecule has 31 heavy (non-hydrogen) atoms. The number of urea groups is 1. The Morgan fingerprint density at radius 3 is 2.52 bits per heavy atom. The van der Waals surface area contributed by atoms with Crippen LogP contribution in [-0.4, -0.2) is 31.1 Å². The first-order valence-electron chi connectivity index (χ1n) is 10.7. The van der Waals surface area contributed by atoms with E-state index in [1.165, 1.54) is 24.0 Å². The minimum Gasteiger partial charge on any atom is -0.456 e. The van der Waals surface area contributed by atoms with Crippen molar-refractivity contribution in [1.82, 2.24) is 10.6 Å². The first-order chi connectivity index (χ1) is 15.0. The number of carbonyl (C=O) groups is 3. The number of aryl methyl sites for hydroxylation is 2. The van der Waals surface area contributed by atoms with Crippen molar-refractivity contribution in [2.45, 2.75) is 45.1 Å². The average molecular weight is 424 g/mol. The molecule has 1 atom stereocenters. The van der Waals surface area contributed by atoms with Crippen LogP contribution < -0.4 is 16.0 Å². The maximum atomic E-state index is 12.1. The van der Waals surface area contributed by atoms with Gasteiger partial charge in [-0.05, 0) is 61.4 Å². The molecule has 3 N–H and O–H groups in total. The number of amides is 3. The maximum Gasteiger partial charge on any atom is 0.319 e. The Bertz CT molecular complexity index is 914. The molecule has 0 fully saturated rings. The van der Waals surface area contributed by atoms with Crippen molar-refractivity contribution >= 4 is 23.6 Å². The molecule has 2 aromatic rings. The summed E-state index contributed by atoms with van der Waals surface area (Å²) in [5, 5.41) is 8.10. The number of nitrogens with one attached hydrogen (secondary N) is 3. The van der Waals surface area contributed by atoms with Gasteiger partial charge in [0.25, 0.3) is 5.91 Å². The van der Waals surface area contributed by atoms with Crippen LogP contribution in [0.2, 0.25) is 0 Å². The topological polar surface area (TPSA) is 96.5 Å². The lowest BCUT2D eigenvalue weighted by Crippen LogP contribution is -2.33. The lowest BCUT2D eigenvalue weighted by Gasteiger charge is -2.20. The van der Waals surface area contributed by atoms with Gasteiger partial charge in [0.15, 0.2) is 6.61 Å². The first-order valence-corrected chi connectivity index (χ1v) is 10.7. The van der Waals surface area contributed by atoms with Gasteiger partial charge < -0.3 is 20.7 Å². The minimum atomic E-state index is -0.545. The summed E-state index contributed by atoms with van der Waals surface area (Å²) >= 11 is 0. The lowest BCUT2D eigenvalue weighted by molar-refractivity contribution is -0.148. The summed E-state index contributed by atoms with van der Waals surface area (Å²) in [5.74, 6) is -0.898. The van der Waals surface area contributed by atoms with Crippen LogP contribution in [0.4, 0.5) is 10.5 Å². The highest BCUT2D eigenvalue weighted by Crippen LogP contribution is 2.24. The van der Waals surface area contributed by atoms with Gasteiger partial charge >= 0.3 is 12.0 Å². The highest BCUT2D eigenvalue weighted by molar-refractivity contribution is 5.89. The second-order valence-corrected chi connectivity index (χ2v) is 7.68. The molecule has 1 aliphatic carbocycles. The van der Waals surface area contributed by atoms with Crippen LogP contribution >= 0.6 is 0 Å². The number of hydrogen-bond donors (Lipinski definition) is 3. The second-order valence-electron chi connectivity index (χ2n) is 7.68. The van der Waals surface area contributed by atoms with Gasteiger partial charge in [-0.2, -0.15) is 0 Å². The van der Waals surface area contributed by atoms with Crippen molar-refractivity contribution in [3.63, 3.8) is 0 Å². The number of esters is 1. The fraction of sp³-hybridized carbons (Fsp3) is 0.375. The number of carbonyl (C=O) groups excluding carboxylic acids is 3. The summed E-state index contributed by atoms with van der Waals surface area (Å²) in [6, 6.07) is 14.8. The average Bonchev–Trinajstić information content (AvgIpc) is 2.78. The van der Waals surface area contributed by atoms with E-state index in [9.17, 15) is 14.4 Å². The number of benzene rings is 2. The highest BCUT2D eigenvalue weighted by atomic mass is 16.5. The Morgan fingerprint density at radius 2 is 1.74 bits per heavy atom. The van der Waals surface area contributed by atoms with Crippen LogP contribution in [0.5, 0.6) is 0 Å². The van der Waals surface area contributed by atoms with Gasteiger partial charge in [0, 0.05) is 12.2 Å². The van der Waals surface area contributed by atoms with E-state index in [1.54, 1.807) is 12.1 Å². The zero-order valence-corrected chi connectivity index (χ0v) is 17.8. The van der Waals surface area contributed by atoms with Gasteiger partial charge in [0.1, 0.15) is 0 Å². The number of anilines is 1. The van der Waals surface area contributed by atoms with Crippen molar-refractivity contribution in [2.75, 3.05) is 18.5 Å². The highest BCUT2D eigenvalue weighted by Gasteiger charge is 2.15. The van der Waals surface area contributed by atoms with E-state index in [-0.39, 0.29) is 31.5 Å². The van der Waals surface area contributed by atoms with Gasteiger partial charge in [-0.1, -0.05) is 36.4 Å². The van der Waals surface area contributed by atoms with E-state index in [4.69, 9.17) is 4.74 Å². The summed E-state index contributed by atoms with van der Waals surface area (Å²) in [5.41, 5.74) is 4.47. The molecular weight excluding hydrogens is 394 g/mol. The van der Waals surface area contributed by atoms with Crippen LogP contribution in [0, 0.1) is 0 Å². The number of ether oxygens (including phenoxy) is 1. The van der Waals surface area contributed by atoms with Gasteiger partial charge in [-0.3, -0.25) is 9.59 Å². The third-order valence-corrected chi connectivity index (χ3v) is 5.26. The molecule has 0 saturated heterocycles. The van der Waals surface area contributed by atoms with Crippen molar-refractivity contribution in [3.8, 4) is 0 Å². The van der Waals surface area contributed by atoms with Gasteiger partial charge in [-0.15, -0.1) is 0 Å². The number of hydrogen-bond acceptors (Lipinski definition) is 4. The molecule has 3 amide bonds. The van der Waals surface area contributed by atoms with E-state index in [0.29, 0.717) is 5.69 Å². The smallest absolute Gasteiger partial charge is 0.319 e. The molecule has 3 rings (SSSR count). The summed E-state index contributed by atoms with van der Waals surface area (Å²) in [4.78, 5) is 35.7. The predicted molar refractivity (Wildman–Crippen MR) is 119 cm³/mol. The van der Waals surface area contributed by atoms with Gasteiger partial charge in [0.2, 0.25) is 0 Å². The van der Waals surface area contributed by atoms with Gasteiger partial charge in [0.05, 0.1) is 12.5 Å². The summed E-state index contributed by atoms with van der Waals surface area (Å²) in [6.07, 6.45) is 4.62. The van der Waals surface area contributed by atoms with Crippen molar-refractivity contribution in [3.05, 3.63) is 65.2 Å². The Kier molecular flexibility index (Phi) is 8.04. The standard InChI is InChI=1S/C24H29N3O4/c1-17(19-12-11-18-7-5-6-8-20(18)15-19)26-22(28)16-31-23(29)13-14-25-24(30)27-21-9-3-2-4-10-21/h2-4,9-12,15,17H,5-8,13-14,16H2,1H3,(H,26,28)(H2,25,27,30)/t17-/m0/s1. The van der Waals surface area contributed by atoms with Gasteiger partial charge in [-0.25, -0.2) is 4.79 Å². The molecule has 1 aliphatic rings. The molecule has 0 heterocycles. The molecule has 164 valence electrons. The summed E-state index contributed by atoms with van der Waals surface area (Å²) < 4.78 is 5.01. The normalized spacial score (nSPS) is 13.5. The molecule has 0 aliphatic heterocycles. The fourth-order valence-electron chi connectivity index (χ4n) is 3.58. The Hall–Kier alpha value is -3.35. The monoisotopic (exact) mass is 423 g/mol. The molecule has 7 heteroatoms. The molecule has 0 saturated carbocycles. The number of rotatable bonds is 8. The Labute approximate surface area is 182 Å². The van der Waals surface area contributed by atoms with Crippen LogP contribution in [-0.2, 0) is 27.2 Å². The van der Waals surface area contributed by atoms with Crippen molar-refractivity contribution in [1.29, 1.82) is 0 Å². The predicted octanol–water partition coefficient (Wildman–Crippen LogP) is 3.50. The van der Waals surface area contributed by atoms with E-state index in [1.807, 2.05) is 31.2 Å².